The third kappa shape index (κ3) is 7.69. The smallest absolute Gasteiger partial charge is 0.409 e. The monoisotopic (exact) mass is 607 g/mol. The molecule has 0 saturated carbocycles. The first-order valence-electron chi connectivity index (χ1n) is 14.7. The molecular formula is C34H33N5O6. The van der Waals surface area contributed by atoms with Crippen molar-refractivity contribution in [2.75, 3.05) is 32.8 Å². The molecule has 1 aliphatic heterocycles. The molecule has 1 aromatic heterocycles. The van der Waals surface area contributed by atoms with Crippen LogP contribution in [-0.2, 0) is 16.0 Å². The fourth-order valence-corrected chi connectivity index (χ4v) is 5.03. The minimum atomic E-state index is -1.06. The largest absolute Gasteiger partial charge is 0.478 e. The van der Waals surface area contributed by atoms with Crippen molar-refractivity contribution in [1.82, 2.24) is 25.1 Å². The van der Waals surface area contributed by atoms with Crippen molar-refractivity contribution in [3.63, 3.8) is 0 Å². The highest BCUT2D eigenvalue weighted by Crippen LogP contribution is 2.23. The standard InChI is InChI=1S/C34H33N5O6/c1-2-45-34(44)39-19-17-38(18-20-39)32(41)29(21-23-13-15-26(16-14-23)33(42)43)37-31(40)28-22-27(24-9-5-3-6-10-24)35-30(36-28)25-11-7-4-8-12-25/h3-16,22,29H,2,17-21H2,1H3,(H,37,40)(H,42,43)/t29-/m0/s1. The lowest BCUT2D eigenvalue weighted by Crippen LogP contribution is -2.56. The summed E-state index contributed by atoms with van der Waals surface area (Å²) >= 11 is 0. The molecule has 1 fully saturated rings. The number of nitrogens with one attached hydrogen (secondary N) is 1. The molecule has 3 amide bonds. The number of carboxylic acid groups (broad SMARTS) is 1. The molecular weight excluding hydrogens is 574 g/mol. The summed E-state index contributed by atoms with van der Waals surface area (Å²) in [6.07, 6.45) is -0.315. The van der Waals surface area contributed by atoms with Crippen LogP contribution in [-0.4, -0.2) is 87.6 Å². The van der Waals surface area contributed by atoms with E-state index in [0.717, 1.165) is 11.1 Å². The summed E-state index contributed by atoms with van der Waals surface area (Å²) in [7, 11) is 0. The van der Waals surface area contributed by atoms with Gasteiger partial charge in [0, 0.05) is 43.7 Å². The van der Waals surface area contributed by atoms with Crippen LogP contribution < -0.4 is 5.32 Å². The molecule has 1 saturated heterocycles. The molecule has 45 heavy (non-hydrogen) atoms. The minimum absolute atomic E-state index is 0.0915. The third-order valence-electron chi connectivity index (χ3n) is 7.42. The Morgan fingerprint density at radius 1 is 0.822 bits per heavy atom. The third-order valence-corrected chi connectivity index (χ3v) is 7.42. The van der Waals surface area contributed by atoms with Crippen molar-refractivity contribution in [2.24, 2.45) is 0 Å². The van der Waals surface area contributed by atoms with Crippen LogP contribution in [0.5, 0.6) is 0 Å². The van der Waals surface area contributed by atoms with Crippen molar-refractivity contribution in [2.45, 2.75) is 19.4 Å². The van der Waals surface area contributed by atoms with Gasteiger partial charge in [0.25, 0.3) is 5.91 Å². The van der Waals surface area contributed by atoms with E-state index in [9.17, 15) is 24.3 Å². The van der Waals surface area contributed by atoms with E-state index in [-0.39, 0.29) is 43.3 Å². The molecule has 1 aliphatic rings. The van der Waals surface area contributed by atoms with Gasteiger partial charge in [-0.3, -0.25) is 9.59 Å². The zero-order valence-electron chi connectivity index (χ0n) is 24.8. The second-order valence-corrected chi connectivity index (χ2v) is 10.4. The maximum Gasteiger partial charge on any atom is 0.409 e. The van der Waals surface area contributed by atoms with E-state index < -0.39 is 24.0 Å². The summed E-state index contributed by atoms with van der Waals surface area (Å²) < 4.78 is 5.09. The maximum absolute atomic E-state index is 13.9. The van der Waals surface area contributed by atoms with Gasteiger partial charge in [-0.25, -0.2) is 19.6 Å². The first-order valence-corrected chi connectivity index (χ1v) is 14.7. The number of ether oxygens (including phenoxy) is 1. The van der Waals surface area contributed by atoms with Crippen LogP contribution in [0, 0.1) is 0 Å². The molecule has 0 bridgehead atoms. The number of hydrogen-bond acceptors (Lipinski definition) is 7. The van der Waals surface area contributed by atoms with Gasteiger partial charge in [0.2, 0.25) is 5.91 Å². The number of benzene rings is 3. The molecule has 2 heterocycles. The lowest BCUT2D eigenvalue weighted by atomic mass is 10.0. The average Bonchev–Trinajstić information content (AvgIpc) is 3.08. The molecule has 3 aromatic carbocycles. The predicted octanol–water partition coefficient (Wildman–Crippen LogP) is 4.15. The van der Waals surface area contributed by atoms with E-state index >= 15 is 0 Å². The first kappa shape index (κ1) is 30.9. The lowest BCUT2D eigenvalue weighted by Gasteiger charge is -2.36. The van der Waals surface area contributed by atoms with Gasteiger partial charge in [0.1, 0.15) is 11.7 Å². The molecule has 2 N–H and O–H groups in total. The number of aromatic nitrogens is 2. The topological polar surface area (TPSA) is 142 Å². The molecule has 1 atom stereocenters. The summed E-state index contributed by atoms with van der Waals surface area (Å²) in [5.74, 6) is -1.58. The molecule has 0 unspecified atom stereocenters. The Labute approximate surface area is 260 Å². The van der Waals surface area contributed by atoms with E-state index in [1.807, 2.05) is 60.7 Å². The Morgan fingerprint density at radius 3 is 2.02 bits per heavy atom. The molecule has 230 valence electrons. The number of rotatable bonds is 9. The SMILES string of the molecule is CCOC(=O)N1CCN(C(=O)[C@H](Cc2ccc(C(=O)O)cc2)NC(=O)c2cc(-c3ccccc3)nc(-c3ccccc3)n2)CC1. The van der Waals surface area contributed by atoms with Crippen LogP contribution in [0.3, 0.4) is 0 Å². The number of carbonyl (C=O) groups is 4. The van der Waals surface area contributed by atoms with Crippen LogP contribution in [0.15, 0.2) is 91.0 Å². The average molecular weight is 608 g/mol. The van der Waals surface area contributed by atoms with E-state index in [0.29, 0.717) is 30.2 Å². The number of piperazine rings is 1. The van der Waals surface area contributed by atoms with Gasteiger partial charge >= 0.3 is 12.1 Å². The quantitative estimate of drug-likeness (QED) is 0.289. The second-order valence-electron chi connectivity index (χ2n) is 10.4. The molecule has 0 spiro atoms. The van der Waals surface area contributed by atoms with E-state index in [2.05, 4.69) is 10.3 Å². The van der Waals surface area contributed by atoms with Gasteiger partial charge in [0.15, 0.2) is 5.82 Å². The Hall–Kier alpha value is -5.58. The molecule has 4 aromatic rings. The second kappa shape index (κ2) is 14.3. The maximum atomic E-state index is 13.9. The summed E-state index contributed by atoms with van der Waals surface area (Å²) in [6.45, 7) is 3.12. The lowest BCUT2D eigenvalue weighted by molar-refractivity contribution is -0.134. The zero-order valence-corrected chi connectivity index (χ0v) is 24.8. The molecule has 11 heteroatoms. The number of amides is 3. The molecule has 5 rings (SSSR count). The number of nitrogens with zero attached hydrogens (tertiary/aromatic N) is 4. The van der Waals surface area contributed by atoms with Crippen molar-refractivity contribution >= 4 is 23.9 Å². The van der Waals surface area contributed by atoms with Gasteiger partial charge in [-0.05, 0) is 30.7 Å². The summed E-state index contributed by atoms with van der Waals surface area (Å²) in [4.78, 5) is 63.7. The van der Waals surface area contributed by atoms with Gasteiger partial charge in [-0.15, -0.1) is 0 Å². The molecule has 0 radical (unpaired) electrons. The van der Waals surface area contributed by atoms with Gasteiger partial charge in [-0.2, -0.15) is 0 Å². The Balaban J connectivity index is 1.43. The van der Waals surface area contributed by atoms with Crippen molar-refractivity contribution < 1.29 is 29.0 Å². The number of carboxylic acids is 1. The molecule has 0 aliphatic carbocycles. The summed E-state index contributed by atoms with van der Waals surface area (Å²) in [5, 5.41) is 12.2. The summed E-state index contributed by atoms with van der Waals surface area (Å²) in [5.41, 5.74) is 2.96. The van der Waals surface area contributed by atoms with Gasteiger partial charge < -0.3 is 25.0 Å². The van der Waals surface area contributed by atoms with Crippen LogP contribution in [0.25, 0.3) is 22.6 Å². The normalized spacial score (nSPS) is 13.5. The predicted molar refractivity (Wildman–Crippen MR) is 166 cm³/mol. The van der Waals surface area contributed by atoms with Crippen molar-refractivity contribution in [3.8, 4) is 22.6 Å². The molecule has 11 nitrogen and oxygen atoms in total. The highest BCUT2D eigenvalue weighted by molar-refractivity contribution is 5.97. The zero-order chi connectivity index (χ0) is 31.8. The van der Waals surface area contributed by atoms with Crippen LogP contribution in [0.4, 0.5) is 4.79 Å². The van der Waals surface area contributed by atoms with Crippen LogP contribution in [0.1, 0.15) is 33.3 Å². The number of carbonyl (C=O) groups excluding carboxylic acids is 3. The summed E-state index contributed by atoms with van der Waals surface area (Å²) in [6, 6.07) is 25.5. The fourth-order valence-electron chi connectivity index (χ4n) is 5.03. The van der Waals surface area contributed by atoms with Crippen LogP contribution in [0.2, 0.25) is 0 Å². The van der Waals surface area contributed by atoms with Crippen LogP contribution >= 0.6 is 0 Å². The first-order chi connectivity index (χ1) is 21.8. The Bertz CT molecular complexity index is 1600. The van der Waals surface area contributed by atoms with Gasteiger partial charge in [0.05, 0.1) is 17.9 Å². The van der Waals surface area contributed by atoms with E-state index in [1.165, 1.54) is 12.1 Å². The minimum Gasteiger partial charge on any atom is -0.478 e. The highest BCUT2D eigenvalue weighted by atomic mass is 16.6. The Kier molecular flexibility index (Phi) is 9.78. The highest BCUT2D eigenvalue weighted by Gasteiger charge is 2.31. The number of hydrogen-bond donors (Lipinski definition) is 2. The fraction of sp³-hybridized carbons (Fsp3) is 0.235. The van der Waals surface area contributed by atoms with Crippen molar-refractivity contribution in [3.05, 3.63) is 108 Å². The number of aromatic carboxylic acids is 1. The van der Waals surface area contributed by atoms with Gasteiger partial charge in [-0.1, -0.05) is 72.8 Å². The van der Waals surface area contributed by atoms with E-state index in [1.54, 1.807) is 34.9 Å². The van der Waals surface area contributed by atoms with Crippen molar-refractivity contribution in [1.29, 1.82) is 0 Å². The van der Waals surface area contributed by atoms with E-state index in [4.69, 9.17) is 9.72 Å². The Morgan fingerprint density at radius 2 is 1.42 bits per heavy atom.